The number of rotatable bonds is 6. The molecule has 0 saturated carbocycles. The third-order valence-corrected chi connectivity index (χ3v) is 5.27. The van der Waals surface area contributed by atoms with Gasteiger partial charge in [0, 0.05) is 35.8 Å². The molecule has 140 valence electrons. The number of carbonyl (C=O) groups excluding carboxylic acids is 1. The van der Waals surface area contributed by atoms with Crippen LogP contribution in [-0.4, -0.2) is 31.7 Å². The predicted octanol–water partition coefficient (Wildman–Crippen LogP) is 2.72. The van der Waals surface area contributed by atoms with Crippen LogP contribution >= 0.6 is 11.3 Å². The first-order chi connectivity index (χ1) is 12.8. The van der Waals surface area contributed by atoms with Gasteiger partial charge in [0.25, 0.3) is 0 Å². The van der Waals surface area contributed by atoms with Crippen molar-refractivity contribution in [3.8, 4) is 10.6 Å². The van der Waals surface area contributed by atoms with Gasteiger partial charge in [-0.2, -0.15) is 5.10 Å². The van der Waals surface area contributed by atoms with E-state index in [1.807, 2.05) is 45.2 Å². The molecule has 1 aromatic carbocycles. The highest BCUT2D eigenvalue weighted by Gasteiger charge is 2.14. The van der Waals surface area contributed by atoms with Gasteiger partial charge in [-0.25, -0.2) is 9.78 Å². The fraction of sp³-hybridized carbons (Fsp3) is 0.263. The van der Waals surface area contributed by atoms with Crippen molar-refractivity contribution in [2.75, 3.05) is 0 Å². The van der Waals surface area contributed by atoms with Crippen molar-refractivity contribution in [3.63, 3.8) is 0 Å². The van der Waals surface area contributed by atoms with Gasteiger partial charge in [-0.3, -0.25) is 9.48 Å². The Morgan fingerprint density at radius 1 is 1.30 bits per heavy atom. The number of benzene rings is 1. The second kappa shape index (κ2) is 7.71. The number of amides is 1. The number of carbonyl (C=O) groups is 2. The Morgan fingerprint density at radius 2 is 2.07 bits per heavy atom. The van der Waals surface area contributed by atoms with Crippen molar-refractivity contribution in [1.29, 1.82) is 0 Å². The highest BCUT2D eigenvalue weighted by Crippen LogP contribution is 2.24. The second-order valence-electron chi connectivity index (χ2n) is 6.27. The van der Waals surface area contributed by atoms with Gasteiger partial charge in [0.05, 0.1) is 12.1 Å². The molecule has 0 radical (unpaired) electrons. The maximum absolute atomic E-state index is 12.3. The Kier molecular flexibility index (Phi) is 5.36. The first kappa shape index (κ1) is 18.8. The molecule has 0 fully saturated rings. The average Bonchev–Trinajstić information content (AvgIpc) is 3.22. The summed E-state index contributed by atoms with van der Waals surface area (Å²) in [5.41, 5.74) is 4.60. The molecule has 0 bridgehead atoms. The minimum absolute atomic E-state index is 0.0379. The van der Waals surface area contributed by atoms with E-state index >= 15 is 0 Å². The van der Waals surface area contributed by atoms with Crippen LogP contribution in [0.1, 0.15) is 33.0 Å². The minimum atomic E-state index is -1.04. The number of carboxylic acids is 1. The number of aromatic nitrogens is 3. The average molecular weight is 384 g/mol. The number of hydrogen-bond acceptors (Lipinski definition) is 5. The maximum Gasteiger partial charge on any atom is 0.355 e. The summed E-state index contributed by atoms with van der Waals surface area (Å²) >= 11 is 1.28. The summed E-state index contributed by atoms with van der Waals surface area (Å²) < 4.78 is 1.78. The monoisotopic (exact) mass is 384 g/mol. The van der Waals surface area contributed by atoms with Gasteiger partial charge >= 0.3 is 5.97 Å². The quantitative estimate of drug-likeness (QED) is 0.681. The molecule has 0 aliphatic heterocycles. The number of carboxylic acid groups (broad SMARTS) is 1. The van der Waals surface area contributed by atoms with Gasteiger partial charge in [-0.05, 0) is 25.5 Å². The number of nitrogens with zero attached hydrogens (tertiary/aromatic N) is 3. The summed E-state index contributed by atoms with van der Waals surface area (Å²) in [6, 6.07) is 7.56. The number of thiazole rings is 1. The molecule has 2 aromatic heterocycles. The number of nitrogens with one attached hydrogen (secondary N) is 1. The van der Waals surface area contributed by atoms with Crippen LogP contribution in [0, 0.1) is 13.8 Å². The molecule has 3 aromatic rings. The van der Waals surface area contributed by atoms with E-state index in [2.05, 4.69) is 15.4 Å². The zero-order valence-electron chi connectivity index (χ0n) is 15.3. The normalized spacial score (nSPS) is 10.8. The fourth-order valence-corrected chi connectivity index (χ4v) is 3.61. The van der Waals surface area contributed by atoms with E-state index in [9.17, 15) is 9.59 Å². The topological polar surface area (TPSA) is 97.1 Å². The third kappa shape index (κ3) is 4.22. The summed E-state index contributed by atoms with van der Waals surface area (Å²) in [5, 5.41) is 18.4. The van der Waals surface area contributed by atoms with Crippen LogP contribution in [-0.2, 0) is 24.8 Å². The first-order valence-electron chi connectivity index (χ1n) is 8.39. The Balaban J connectivity index is 1.66. The largest absolute Gasteiger partial charge is 0.476 e. The van der Waals surface area contributed by atoms with Gasteiger partial charge in [0.1, 0.15) is 5.01 Å². The predicted molar refractivity (Wildman–Crippen MR) is 103 cm³/mol. The molecule has 0 atom stereocenters. The van der Waals surface area contributed by atoms with Crippen molar-refractivity contribution in [2.45, 2.75) is 26.8 Å². The van der Waals surface area contributed by atoms with E-state index in [-0.39, 0.29) is 11.6 Å². The molecule has 0 aliphatic rings. The lowest BCUT2D eigenvalue weighted by Crippen LogP contribution is -2.25. The highest BCUT2D eigenvalue weighted by molar-refractivity contribution is 7.13. The van der Waals surface area contributed by atoms with Gasteiger partial charge in [0.2, 0.25) is 5.91 Å². The molecule has 0 aliphatic carbocycles. The molecule has 8 heteroatoms. The molecule has 1 amide bonds. The standard InChI is InChI=1S/C19H20N4O3S/c1-11-15(12(2)23(3)22-11)8-17(24)20-9-13-5-4-6-14(7-13)18-21-16(10-27-18)19(25)26/h4-7,10H,8-9H2,1-3H3,(H,20,24)(H,25,26). The van der Waals surface area contributed by atoms with Crippen molar-refractivity contribution >= 4 is 23.2 Å². The van der Waals surface area contributed by atoms with Gasteiger partial charge in [0.15, 0.2) is 5.69 Å². The van der Waals surface area contributed by atoms with E-state index in [0.29, 0.717) is 18.0 Å². The fourth-order valence-electron chi connectivity index (χ4n) is 2.82. The molecule has 3 rings (SSSR count). The molecule has 27 heavy (non-hydrogen) atoms. The van der Waals surface area contributed by atoms with E-state index in [1.54, 1.807) is 4.68 Å². The maximum atomic E-state index is 12.3. The lowest BCUT2D eigenvalue weighted by atomic mass is 10.1. The van der Waals surface area contributed by atoms with Crippen LogP contribution < -0.4 is 5.32 Å². The van der Waals surface area contributed by atoms with Crippen LogP contribution in [0.4, 0.5) is 0 Å². The summed E-state index contributed by atoms with van der Waals surface area (Å²) in [4.78, 5) is 27.4. The second-order valence-corrected chi connectivity index (χ2v) is 7.13. The Morgan fingerprint density at radius 3 is 2.70 bits per heavy atom. The van der Waals surface area contributed by atoms with E-state index in [0.717, 1.165) is 28.1 Å². The van der Waals surface area contributed by atoms with Crippen molar-refractivity contribution in [1.82, 2.24) is 20.1 Å². The van der Waals surface area contributed by atoms with E-state index in [1.165, 1.54) is 16.7 Å². The summed E-state index contributed by atoms with van der Waals surface area (Å²) in [6.45, 7) is 4.24. The Labute approximate surface area is 160 Å². The first-order valence-corrected chi connectivity index (χ1v) is 9.27. The number of aryl methyl sites for hydroxylation is 2. The van der Waals surface area contributed by atoms with Crippen LogP contribution in [0.3, 0.4) is 0 Å². The molecule has 2 heterocycles. The molecule has 2 N–H and O–H groups in total. The van der Waals surface area contributed by atoms with Gasteiger partial charge in [-0.15, -0.1) is 11.3 Å². The Bertz CT molecular complexity index is 1010. The Hall–Kier alpha value is -3.00. The molecule has 0 spiro atoms. The van der Waals surface area contributed by atoms with Crippen molar-refractivity contribution in [2.24, 2.45) is 7.05 Å². The van der Waals surface area contributed by atoms with E-state index < -0.39 is 5.97 Å². The molecule has 7 nitrogen and oxygen atoms in total. The molecule has 0 saturated heterocycles. The highest BCUT2D eigenvalue weighted by atomic mass is 32.1. The SMILES string of the molecule is Cc1nn(C)c(C)c1CC(=O)NCc1cccc(-c2nc(C(=O)O)cs2)c1. The third-order valence-electron chi connectivity index (χ3n) is 4.38. The lowest BCUT2D eigenvalue weighted by molar-refractivity contribution is -0.120. The smallest absolute Gasteiger partial charge is 0.355 e. The minimum Gasteiger partial charge on any atom is -0.476 e. The van der Waals surface area contributed by atoms with Gasteiger partial charge in [-0.1, -0.05) is 18.2 Å². The summed E-state index contributed by atoms with van der Waals surface area (Å²) in [7, 11) is 1.86. The summed E-state index contributed by atoms with van der Waals surface area (Å²) in [5.74, 6) is -1.11. The van der Waals surface area contributed by atoms with Crippen LogP contribution in [0.5, 0.6) is 0 Å². The zero-order chi connectivity index (χ0) is 19.6. The zero-order valence-corrected chi connectivity index (χ0v) is 16.1. The summed E-state index contributed by atoms with van der Waals surface area (Å²) in [6.07, 6.45) is 0.291. The van der Waals surface area contributed by atoms with Gasteiger partial charge < -0.3 is 10.4 Å². The van der Waals surface area contributed by atoms with Crippen molar-refractivity contribution in [3.05, 3.63) is 57.9 Å². The van der Waals surface area contributed by atoms with Crippen LogP contribution in [0.2, 0.25) is 0 Å². The number of hydrogen-bond donors (Lipinski definition) is 2. The molecule has 0 unspecified atom stereocenters. The molecular formula is C19H20N4O3S. The molecular weight excluding hydrogens is 364 g/mol. The number of aromatic carboxylic acids is 1. The van der Waals surface area contributed by atoms with E-state index in [4.69, 9.17) is 5.11 Å². The lowest BCUT2D eigenvalue weighted by Gasteiger charge is -2.07. The van der Waals surface area contributed by atoms with Crippen LogP contribution in [0.15, 0.2) is 29.6 Å². The van der Waals surface area contributed by atoms with Crippen LogP contribution in [0.25, 0.3) is 10.6 Å². The van der Waals surface area contributed by atoms with Crippen molar-refractivity contribution < 1.29 is 14.7 Å².